The van der Waals surface area contributed by atoms with Gasteiger partial charge < -0.3 is 19.3 Å². The number of aliphatic hydroxyl groups is 1. The third-order valence-electron chi connectivity index (χ3n) is 5.09. The SMILES string of the molecule is COc1ccc(-c2noc(C(C)O)c2C(=O)N2CCc3ccccc3C2)cc1. The Bertz CT molecular complexity index is 992. The Morgan fingerprint density at radius 1 is 1.18 bits per heavy atom. The van der Waals surface area contributed by atoms with Crippen molar-refractivity contribution in [1.29, 1.82) is 0 Å². The van der Waals surface area contributed by atoms with Crippen LogP contribution in [-0.2, 0) is 13.0 Å². The third kappa shape index (κ3) is 3.27. The van der Waals surface area contributed by atoms with Crippen molar-refractivity contribution in [2.75, 3.05) is 13.7 Å². The molecule has 1 atom stereocenters. The van der Waals surface area contributed by atoms with Crippen LogP contribution in [0.1, 0.15) is 40.3 Å². The second kappa shape index (κ2) is 7.48. The Kier molecular flexibility index (Phi) is 4.88. The second-order valence-electron chi connectivity index (χ2n) is 6.92. The van der Waals surface area contributed by atoms with Gasteiger partial charge in [-0.25, -0.2) is 0 Å². The first kappa shape index (κ1) is 18.3. The van der Waals surface area contributed by atoms with Crippen LogP contribution < -0.4 is 4.74 Å². The molecule has 4 rings (SSSR count). The molecule has 0 bridgehead atoms. The van der Waals surface area contributed by atoms with Gasteiger partial charge in [0.2, 0.25) is 0 Å². The fourth-order valence-corrected chi connectivity index (χ4v) is 3.57. The Morgan fingerprint density at radius 2 is 1.89 bits per heavy atom. The molecule has 0 radical (unpaired) electrons. The average molecular weight is 378 g/mol. The summed E-state index contributed by atoms with van der Waals surface area (Å²) in [6, 6.07) is 15.4. The molecule has 28 heavy (non-hydrogen) atoms. The minimum Gasteiger partial charge on any atom is -0.497 e. The summed E-state index contributed by atoms with van der Waals surface area (Å²) in [6.07, 6.45) is -0.134. The zero-order valence-corrected chi connectivity index (χ0v) is 15.9. The molecule has 2 heterocycles. The number of amides is 1. The van der Waals surface area contributed by atoms with Gasteiger partial charge in [-0.05, 0) is 48.7 Å². The average Bonchev–Trinajstić information content (AvgIpc) is 3.18. The van der Waals surface area contributed by atoms with E-state index in [9.17, 15) is 9.90 Å². The Morgan fingerprint density at radius 3 is 2.57 bits per heavy atom. The molecule has 0 spiro atoms. The molecule has 1 N–H and O–H groups in total. The summed E-state index contributed by atoms with van der Waals surface area (Å²) in [7, 11) is 1.60. The molecule has 6 heteroatoms. The molecule has 0 saturated heterocycles. The number of rotatable bonds is 4. The smallest absolute Gasteiger partial charge is 0.260 e. The summed E-state index contributed by atoms with van der Waals surface area (Å²) >= 11 is 0. The lowest BCUT2D eigenvalue weighted by molar-refractivity contribution is 0.0723. The largest absolute Gasteiger partial charge is 0.497 e. The minimum absolute atomic E-state index is 0.183. The van der Waals surface area contributed by atoms with Gasteiger partial charge >= 0.3 is 0 Å². The van der Waals surface area contributed by atoms with Crippen molar-refractivity contribution in [3.8, 4) is 17.0 Å². The molecular formula is C22H22N2O4. The van der Waals surface area contributed by atoms with E-state index in [4.69, 9.17) is 9.26 Å². The molecule has 144 valence electrons. The highest BCUT2D eigenvalue weighted by Crippen LogP contribution is 2.32. The predicted octanol–water partition coefficient (Wildman–Crippen LogP) is 3.60. The fraction of sp³-hybridized carbons (Fsp3) is 0.273. The first-order valence-electron chi connectivity index (χ1n) is 9.26. The van der Waals surface area contributed by atoms with Crippen LogP contribution in [0.15, 0.2) is 53.1 Å². The number of methoxy groups -OCH3 is 1. The van der Waals surface area contributed by atoms with Gasteiger partial charge in [-0.3, -0.25) is 4.79 Å². The second-order valence-corrected chi connectivity index (χ2v) is 6.92. The lowest BCUT2D eigenvalue weighted by Gasteiger charge is -2.29. The summed E-state index contributed by atoms with van der Waals surface area (Å²) in [4.78, 5) is 15.2. The van der Waals surface area contributed by atoms with Gasteiger partial charge in [0, 0.05) is 18.7 Å². The van der Waals surface area contributed by atoms with Crippen LogP contribution in [0.3, 0.4) is 0 Å². The molecule has 2 aromatic carbocycles. The molecule has 0 aliphatic carbocycles. The van der Waals surface area contributed by atoms with Gasteiger partial charge in [0.15, 0.2) is 5.76 Å². The van der Waals surface area contributed by atoms with E-state index in [1.165, 1.54) is 5.56 Å². The minimum atomic E-state index is -0.935. The maximum atomic E-state index is 13.4. The predicted molar refractivity (Wildman–Crippen MR) is 104 cm³/mol. The van der Waals surface area contributed by atoms with Crippen molar-refractivity contribution < 1.29 is 19.2 Å². The normalized spacial score (nSPS) is 14.5. The number of nitrogens with zero attached hydrogens (tertiary/aromatic N) is 2. The number of aromatic nitrogens is 1. The van der Waals surface area contributed by atoms with Crippen LogP contribution in [0.5, 0.6) is 5.75 Å². The van der Waals surface area contributed by atoms with Crippen molar-refractivity contribution in [1.82, 2.24) is 10.1 Å². The summed E-state index contributed by atoms with van der Waals surface area (Å²) in [6.45, 7) is 2.71. The number of hydrogen-bond acceptors (Lipinski definition) is 5. The van der Waals surface area contributed by atoms with Crippen molar-refractivity contribution in [2.24, 2.45) is 0 Å². The topological polar surface area (TPSA) is 75.8 Å². The number of carbonyl (C=O) groups excluding carboxylic acids is 1. The lowest BCUT2D eigenvalue weighted by Crippen LogP contribution is -2.36. The molecule has 1 aliphatic rings. The number of hydrogen-bond donors (Lipinski definition) is 1. The first-order valence-corrected chi connectivity index (χ1v) is 9.26. The van der Waals surface area contributed by atoms with E-state index in [0.29, 0.717) is 30.1 Å². The van der Waals surface area contributed by atoms with E-state index in [1.807, 2.05) is 30.3 Å². The number of aliphatic hydroxyl groups excluding tert-OH is 1. The van der Waals surface area contributed by atoms with E-state index >= 15 is 0 Å². The van der Waals surface area contributed by atoms with Gasteiger partial charge in [-0.2, -0.15) is 0 Å². The molecule has 6 nitrogen and oxygen atoms in total. The Balaban J connectivity index is 1.71. The van der Waals surface area contributed by atoms with Crippen LogP contribution in [0.25, 0.3) is 11.3 Å². The van der Waals surface area contributed by atoms with Crippen molar-refractivity contribution in [2.45, 2.75) is 26.0 Å². The first-order chi connectivity index (χ1) is 13.6. The Labute approximate surface area is 163 Å². The molecule has 3 aromatic rings. The highest BCUT2D eigenvalue weighted by Gasteiger charge is 2.31. The zero-order chi connectivity index (χ0) is 19.7. The highest BCUT2D eigenvalue weighted by molar-refractivity contribution is 6.01. The van der Waals surface area contributed by atoms with E-state index in [2.05, 4.69) is 11.2 Å². The maximum Gasteiger partial charge on any atom is 0.260 e. The van der Waals surface area contributed by atoms with Crippen LogP contribution in [0.2, 0.25) is 0 Å². The van der Waals surface area contributed by atoms with Crippen LogP contribution in [0.4, 0.5) is 0 Å². The summed E-state index contributed by atoms with van der Waals surface area (Å²) in [5.41, 5.74) is 3.89. The molecule has 1 amide bonds. The highest BCUT2D eigenvalue weighted by atomic mass is 16.5. The van der Waals surface area contributed by atoms with E-state index in [-0.39, 0.29) is 11.7 Å². The van der Waals surface area contributed by atoms with Crippen LogP contribution in [0, 0.1) is 0 Å². The summed E-state index contributed by atoms with van der Waals surface area (Å²) in [5, 5.41) is 14.2. The number of ether oxygens (including phenoxy) is 1. The van der Waals surface area contributed by atoms with Gasteiger partial charge in [-0.1, -0.05) is 29.4 Å². The number of fused-ring (bicyclic) bond motifs is 1. The van der Waals surface area contributed by atoms with E-state index in [1.54, 1.807) is 31.1 Å². The van der Waals surface area contributed by atoms with Crippen molar-refractivity contribution in [3.05, 3.63) is 71.0 Å². The van der Waals surface area contributed by atoms with Gasteiger partial charge in [0.05, 0.1) is 7.11 Å². The van der Waals surface area contributed by atoms with Crippen molar-refractivity contribution >= 4 is 5.91 Å². The van der Waals surface area contributed by atoms with E-state index in [0.717, 1.165) is 17.5 Å². The fourth-order valence-electron chi connectivity index (χ4n) is 3.57. The Hall–Kier alpha value is -3.12. The van der Waals surface area contributed by atoms with Crippen molar-refractivity contribution in [3.63, 3.8) is 0 Å². The quantitative estimate of drug-likeness (QED) is 0.751. The molecular weight excluding hydrogens is 356 g/mol. The van der Waals surface area contributed by atoms with Crippen LogP contribution >= 0.6 is 0 Å². The standard InChI is InChI=1S/C22H22N2O4/c1-14(25)21-19(20(23-28-21)16-7-9-18(27-2)10-8-16)22(26)24-12-11-15-5-3-4-6-17(15)13-24/h3-10,14,25H,11-13H2,1-2H3. The number of carbonyl (C=O) groups is 1. The van der Waals surface area contributed by atoms with Gasteiger partial charge in [0.1, 0.15) is 23.1 Å². The lowest BCUT2D eigenvalue weighted by atomic mass is 9.98. The third-order valence-corrected chi connectivity index (χ3v) is 5.09. The molecule has 1 aliphatic heterocycles. The maximum absolute atomic E-state index is 13.4. The molecule has 0 saturated carbocycles. The number of benzene rings is 2. The van der Waals surface area contributed by atoms with Gasteiger partial charge in [0.25, 0.3) is 5.91 Å². The summed E-state index contributed by atoms with van der Waals surface area (Å²) in [5.74, 6) is 0.718. The van der Waals surface area contributed by atoms with Crippen LogP contribution in [-0.4, -0.2) is 34.7 Å². The zero-order valence-electron chi connectivity index (χ0n) is 15.9. The van der Waals surface area contributed by atoms with E-state index < -0.39 is 6.10 Å². The van der Waals surface area contributed by atoms with Gasteiger partial charge in [-0.15, -0.1) is 0 Å². The monoisotopic (exact) mass is 378 g/mol. The molecule has 0 fully saturated rings. The summed E-state index contributed by atoms with van der Waals surface area (Å²) < 4.78 is 10.6. The molecule has 1 unspecified atom stereocenters. The molecule has 1 aromatic heterocycles.